The molecule has 0 unspecified atom stereocenters. The summed E-state index contributed by atoms with van der Waals surface area (Å²) in [4.78, 5) is 42.8. The van der Waals surface area contributed by atoms with Gasteiger partial charge in [0, 0.05) is 31.3 Å². The lowest BCUT2D eigenvalue weighted by Gasteiger charge is -2.28. The Morgan fingerprint density at radius 3 is 2.40 bits per heavy atom. The minimum absolute atomic E-state index is 0.213. The number of alkyl halides is 3. The molecule has 2 amide bonds. The van der Waals surface area contributed by atoms with Gasteiger partial charge < -0.3 is 15.0 Å². The predicted octanol–water partition coefficient (Wildman–Crippen LogP) is 3.77. The van der Waals surface area contributed by atoms with Crippen LogP contribution in [-0.2, 0) is 33.5 Å². The molecule has 0 saturated heterocycles. The van der Waals surface area contributed by atoms with Gasteiger partial charge in [-0.15, -0.1) is 0 Å². The Bertz CT molecular complexity index is 1140. The SMILES string of the molecule is CC(C)(C)OC(=O)c1ccc2c(n1)CCN(C(=O)CNC(=O)/C=C/c1ccc(C(F)(F)F)cc1)C2. The number of halogens is 3. The monoisotopic (exact) mass is 489 g/mol. The molecule has 0 saturated carbocycles. The first-order valence-electron chi connectivity index (χ1n) is 10.9. The average Bonchev–Trinajstić information content (AvgIpc) is 2.79. The lowest BCUT2D eigenvalue weighted by atomic mass is 10.0. The number of rotatable bonds is 5. The number of nitrogens with one attached hydrogen (secondary N) is 1. The van der Waals surface area contributed by atoms with Crippen molar-refractivity contribution < 1.29 is 32.3 Å². The number of hydrogen-bond donors (Lipinski definition) is 1. The molecule has 2 aromatic rings. The molecule has 3 rings (SSSR count). The third kappa shape index (κ3) is 7.40. The first kappa shape index (κ1) is 25.9. The number of nitrogens with zero attached hydrogens (tertiary/aromatic N) is 2. The van der Waals surface area contributed by atoms with Crippen LogP contribution < -0.4 is 5.32 Å². The summed E-state index contributed by atoms with van der Waals surface area (Å²) < 4.78 is 43.2. The van der Waals surface area contributed by atoms with Crippen molar-refractivity contribution in [2.24, 2.45) is 0 Å². The van der Waals surface area contributed by atoms with Crippen LogP contribution in [0.25, 0.3) is 6.08 Å². The van der Waals surface area contributed by atoms with Crippen molar-refractivity contribution >= 4 is 23.9 Å². The second-order valence-electron chi connectivity index (χ2n) is 9.04. The van der Waals surface area contributed by atoms with Crippen LogP contribution in [0.3, 0.4) is 0 Å². The number of aromatic nitrogens is 1. The number of pyridine rings is 1. The van der Waals surface area contributed by atoms with Gasteiger partial charge >= 0.3 is 12.1 Å². The van der Waals surface area contributed by atoms with Gasteiger partial charge in [0.05, 0.1) is 12.1 Å². The summed E-state index contributed by atoms with van der Waals surface area (Å²) in [5.74, 6) is -1.34. The molecule has 1 aromatic heterocycles. The highest BCUT2D eigenvalue weighted by atomic mass is 19.4. The van der Waals surface area contributed by atoms with E-state index in [2.05, 4.69) is 10.3 Å². The summed E-state index contributed by atoms with van der Waals surface area (Å²) in [7, 11) is 0. The number of carbonyl (C=O) groups is 3. The summed E-state index contributed by atoms with van der Waals surface area (Å²) >= 11 is 0. The highest BCUT2D eigenvalue weighted by Crippen LogP contribution is 2.29. The van der Waals surface area contributed by atoms with Crippen LogP contribution in [0.1, 0.15) is 53.6 Å². The van der Waals surface area contributed by atoms with E-state index in [1.54, 1.807) is 37.8 Å². The smallest absolute Gasteiger partial charge is 0.416 e. The van der Waals surface area contributed by atoms with E-state index in [1.165, 1.54) is 18.2 Å². The molecule has 1 aliphatic rings. The Kier molecular flexibility index (Phi) is 7.62. The molecule has 0 spiro atoms. The van der Waals surface area contributed by atoms with Crippen molar-refractivity contribution in [3.63, 3.8) is 0 Å². The molecule has 7 nitrogen and oxygen atoms in total. The molecule has 0 aliphatic carbocycles. The van der Waals surface area contributed by atoms with Gasteiger partial charge in [-0.2, -0.15) is 13.2 Å². The number of carbonyl (C=O) groups excluding carboxylic acids is 3. The summed E-state index contributed by atoms with van der Waals surface area (Å²) in [5, 5.41) is 2.48. The maximum absolute atomic E-state index is 12.6. The van der Waals surface area contributed by atoms with Crippen LogP contribution in [0.5, 0.6) is 0 Å². The van der Waals surface area contributed by atoms with Crippen molar-refractivity contribution in [1.82, 2.24) is 15.2 Å². The molecule has 0 atom stereocenters. The molecule has 1 aliphatic heterocycles. The second-order valence-corrected chi connectivity index (χ2v) is 9.04. The first-order valence-corrected chi connectivity index (χ1v) is 10.9. The van der Waals surface area contributed by atoms with Crippen LogP contribution >= 0.6 is 0 Å². The van der Waals surface area contributed by atoms with Crippen LogP contribution in [0.4, 0.5) is 13.2 Å². The van der Waals surface area contributed by atoms with E-state index < -0.39 is 29.2 Å². The Labute approximate surface area is 201 Å². The van der Waals surface area contributed by atoms with E-state index in [1.807, 2.05) is 0 Å². The normalized spacial score (nSPS) is 13.9. The fourth-order valence-corrected chi connectivity index (χ4v) is 3.36. The minimum atomic E-state index is -4.43. The Balaban J connectivity index is 1.51. The van der Waals surface area contributed by atoms with Gasteiger partial charge in [0.2, 0.25) is 11.8 Å². The topological polar surface area (TPSA) is 88.6 Å². The molecular weight excluding hydrogens is 463 g/mol. The zero-order chi connectivity index (χ0) is 25.8. The highest BCUT2D eigenvalue weighted by molar-refractivity contribution is 5.94. The summed E-state index contributed by atoms with van der Waals surface area (Å²) in [6, 6.07) is 7.68. The fraction of sp³-hybridized carbons (Fsp3) is 0.360. The van der Waals surface area contributed by atoms with Crippen molar-refractivity contribution in [3.8, 4) is 0 Å². The molecule has 1 N–H and O–H groups in total. The van der Waals surface area contributed by atoms with Crippen molar-refractivity contribution in [2.45, 2.75) is 45.5 Å². The zero-order valence-corrected chi connectivity index (χ0v) is 19.6. The molecule has 0 fully saturated rings. The third-order valence-corrected chi connectivity index (χ3v) is 5.09. The Hall–Kier alpha value is -3.69. The molecular formula is C25H26F3N3O4. The van der Waals surface area contributed by atoms with Gasteiger partial charge in [-0.3, -0.25) is 9.59 Å². The van der Waals surface area contributed by atoms with Gasteiger partial charge in [0.25, 0.3) is 0 Å². The minimum Gasteiger partial charge on any atom is -0.455 e. The van der Waals surface area contributed by atoms with Crippen molar-refractivity contribution in [1.29, 1.82) is 0 Å². The standard InChI is InChI=1S/C25H26F3N3O4/c1-24(2,3)35-23(34)20-10-7-17-15-31(13-12-19(17)30-20)22(33)14-29-21(32)11-6-16-4-8-18(9-5-16)25(26,27)28/h4-11H,12-15H2,1-3H3,(H,29,32)/b11-6+. The fourth-order valence-electron chi connectivity index (χ4n) is 3.36. The number of amides is 2. The van der Waals surface area contributed by atoms with Crippen molar-refractivity contribution in [2.75, 3.05) is 13.1 Å². The van der Waals surface area contributed by atoms with Gasteiger partial charge in [-0.1, -0.05) is 18.2 Å². The molecule has 2 heterocycles. The predicted molar refractivity (Wildman–Crippen MR) is 122 cm³/mol. The molecule has 186 valence electrons. The summed E-state index contributed by atoms with van der Waals surface area (Å²) in [6.45, 7) is 5.78. The van der Waals surface area contributed by atoms with E-state index in [0.29, 0.717) is 25.1 Å². The molecule has 1 aromatic carbocycles. The number of benzene rings is 1. The molecule has 35 heavy (non-hydrogen) atoms. The number of ether oxygens (including phenoxy) is 1. The van der Waals surface area contributed by atoms with Crippen LogP contribution in [-0.4, -0.2) is 46.4 Å². The molecule has 0 bridgehead atoms. The number of esters is 1. The maximum Gasteiger partial charge on any atom is 0.416 e. The lowest BCUT2D eigenvalue weighted by molar-refractivity contribution is -0.137. The zero-order valence-electron chi connectivity index (χ0n) is 19.6. The molecule has 0 radical (unpaired) electrons. The van der Waals surface area contributed by atoms with E-state index in [-0.39, 0.29) is 18.1 Å². The average molecular weight is 489 g/mol. The van der Waals surface area contributed by atoms with Gasteiger partial charge in [-0.25, -0.2) is 9.78 Å². The van der Waals surface area contributed by atoms with E-state index in [9.17, 15) is 27.6 Å². The quantitative estimate of drug-likeness (QED) is 0.510. The highest BCUT2D eigenvalue weighted by Gasteiger charge is 2.30. The Morgan fingerprint density at radius 2 is 1.77 bits per heavy atom. The summed E-state index contributed by atoms with van der Waals surface area (Å²) in [6.07, 6.45) is -1.45. The van der Waals surface area contributed by atoms with Gasteiger partial charge in [0.1, 0.15) is 11.3 Å². The number of fused-ring (bicyclic) bond motifs is 1. The second kappa shape index (κ2) is 10.3. The largest absolute Gasteiger partial charge is 0.455 e. The van der Waals surface area contributed by atoms with Crippen LogP contribution in [0.2, 0.25) is 0 Å². The van der Waals surface area contributed by atoms with Crippen molar-refractivity contribution in [3.05, 3.63) is 70.6 Å². The van der Waals surface area contributed by atoms with E-state index in [0.717, 1.165) is 29.5 Å². The van der Waals surface area contributed by atoms with Gasteiger partial charge in [0.15, 0.2) is 0 Å². The van der Waals surface area contributed by atoms with Crippen LogP contribution in [0, 0.1) is 0 Å². The van der Waals surface area contributed by atoms with E-state index >= 15 is 0 Å². The number of hydrogen-bond acceptors (Lipinski definition) is 5. The van der Waals surface area contributed by atoms with E-state index in [4.69, 9.17) is 4.74 Å². The Morgan fingerprint density at radius 1 is 1.09 bits per heavy atom. The van der Waals surface area contributed by atoms with Gasteiger partial charge in [-0.05, 0) is 56.2 Å². The van der Waals surface area contributed by atoms with Crippen LogP contribution in [0.15, 0.2) is 42.5 Å². The lowest BCUT2D eigenvalue weighted by Crippen LogP contribution is -2.42. The maximum atomic E-state index is 12.6. The first-order chi connectivity index (χ1) is 16.3. The summed E-state index contributed by atoms with van der Waals surface area (Å²) in [5.41, 5.74) is 0.765. The third-order valence-electron chi connectivity index (χ3n) is 5.09. The molecule has 10 heteroatoms.